The predicted molar refractivity (Wildman–Crippen MR) is 96.1 cm³/mol. The SMILES string of the molecule is CCC(Oc1cc(C#N)cc(-c2nc(-c3ccccn3)no2)c1)N(C)C. The second-order valence-electron chi connectivity index (χ2n) is 5.94. The lowest BCUT2D eigenvalue weighted by Gasteiger charge is -2.24. The molecule has 1 unspecified atom stereocenters. The van der Waals surface area contributed by atoms with Gasteiger partial charge in [-0.2, -0.15) is 10.2 Å². The van der Waals surface area contributed by atoms with Crippen LogP contribution >= 0.6 is 0 Å². The van der Waals surface area contributed by atoms with Crippen molar-refractivity contribution in [3.8, 4) is 34.8 Å². The summed E-state index contributed by atoms with van der Waals surface area (Å²) in [7, 11) is 3.89. The summed E-state index contributed by atoms with van der Waals surface area (Å²) >= 11 is 0. The van der Waals surface area contributed by atoms with Crippen LogP contribution in [0.5, 0.6) is 5.75 Å². The normalized spacial score (nSPS) is 12.0. The molecular weight excluding hydrogens is 330 g/mol. The van der Waals surface area contributed by atoms with E-state index in [0.29, 0.717) is 34.3 Å². The first-order chi connectivity index (χ1) is 12.6. The Morgan fingerprint density at radius 3 is 2.77 bits per heavy atom. The molecule has 0 saturated heterocycles. The van der Waals surface area contributed by atoms with E-state index in [4.69, 9.17) is 9.26 Å². The van der Waals surface area contributed by atoms with Crippen molar-refractivity contribution >= 4 is 0 Å². The van der Waals surface area contributed by atoms with Crippen LogP contribution in [0.4, 0.5) is 0 Å². The molecule has 3 aromatic rings. The molecule has 0 aliphatic carbocycles. The molecular formula is C19H19N5O2. The van der Waals surface area contributed by atoms with Crippen LogP contribution in [0.1, 0.15) is 18.9 Å². The van der Waals surface area contributed by atoms with Gasteiger partial charge in [-0.15, -0.1) is 0 Å². The first-order valence-corrected chi connectivity index (χ1v) is 8.24. The molecule has 26 heavy (non-hydrogen) atoms. The molecule has 0 bridgehead atoms. The van der Waals surface area contributed by atoms with Crippen LogP contribution in [-0.2, 0) is 0 Å². The summed E-state index contributed by atoms with van der Waals surface area (Å²) in [5.41, 5.74) is 1.71. The third-order valence-corrected chi connectivity index (χ3v) is 3.80. The third-order valence-electron chi connectivity index (χ3n) is 3.80. The Balaban J connectivity index is 1.94. The fraction of sp³-hybridized carbons (Fsp3) is 0.263. The van der Waals surface area contributed by atoms with Gasteiger partial charge in [0.15, 0.2) is 6.23 Å². The Morgan fingerprint density at radius 2 is 2.12 bits per heavy atom. The average Bonchev–Trinajstić information content (AvgIpc) is 3.16. The molecule has 1 atom stereocenters. The van der Waals surface area contributed by atoms with Gasteiger partial charge >= 0.3 is 0 Å². The number of nitrogens with zero attached hydrogens (tertiary/aromatic N) is 5. The van der Waals surface area contributed by atoms with E-state index in [0.717, 1.165) is 6.42 Å². The highest BCUT2D eigenvalue weighted by molar-refractivity contribution is 5.62. The monoisotopic (exact) mass is 349 g/mol. The fourth-order valence-electron chi connectivity index (χ4n) is 2.51. The molecule has 0 amide bonds. The molecule has 132 valence electrons. The van der Waals surface area contributed by atoms with E-state index in [1.165, 1.54) is 0 Å². The van der Waals surface area contributed by atoms with E-state index in [2.05, 4.69) is 21.2 Å². The number of hydrogen-bond donors (Lipinski definition) is 0. The van der Waals surface area contributed by atoms with Crippen LogP contribution in [0, 0.1) is 11.3 Å². The molecule has 2 heterocycles. The molecule has 0 N–H and O–H groups in total. The summed E-state index contributed by atoms with van der Waals surface area (Å²) in [6.45, 7) is 2.04. The first-order valence-electron chi connectivity index (χ1n) is 8.24. The maximum atomic E-state index is 9.32. The van der Waals surface area contributed by atoms with Gasteiger partial charge in [0.05, 0.1) is 11.6 Å². The lowest BCUT2D eigenvalue weighted by molar-refractivity contribution is 0.0612. The lowest BCUT2D eigenvalue weighted by atomic mass is 10.1. The zero-order chi connectivity index (χ0) is 18.5. The molecule has 0 fully saturated rings. The molecule has 0 aliphatic heterocycles. The maximum absolute atomic E-state index is 9.32. The smallest absolute Gasteiger partial charge is 0.258 e. The van der Waals surface area contributed by atoms with Gasteiger partial charge in [0.2, 0.25) is 5.82 Å². The molecule has 3 rings (SSSR count). The summed E-state index contributed by atoms with van der Waals surface area (Å²) < 4.78 is 11.4. The Hall–Kier alpha value is -3.24. The second kappa shape index (κ2) is 7.76. The number of benzene rings is 1. The number of nitriles is 1. The molecule has 0 radical (unpaired) electrons. The van der Waals surface area contributed by atoms with Gasteiger partial charge in [-0.25, -0.2) is 0 Å². The van der Waals surface area contributed by atoms with Crippen molar-refractivity contribution in [2.45, 2.75) is 19.6 Å². The van der Waals surface area contributed by atoms with Crippen molar-refractivity contribution < 1.29 is 9.26 Å². The zero-order valence-electron chi connectivity index (χ0n) is 14.9. The minimum Gasteiger partial charge on any atom is -0.475 e. The highest BCUT2D eigenvalue weighted by Crippen LogP contribution is 2.27. The van der Waals surface area contributed by atoms with Crippen molar-refractivity contribution in [2.24, 2.45) is 0 Å². The number of rotatable bonds is 6. The van der Waals surface area contributed by atoms with Crippen LogP contribution in [0.2, 0.25) is 0 Å². The first kappa shape index (κ1) is 17.6. The van der Waals surface area contributed by atoms with Crippen LogP contribution in [-0.4, -0.2) is 40.3 Å². The van der Waals surface area contributed by atoms with Gasteiger partial charge in [0.25, 0.3) is 5.89 Å². The Kier molecular flexibility index (Phi) is 5.25. The maximum Gasteiger partial charge on any atom is 0.258 e. The summed E-state index contributed by atoms with van der Waals surface area (Å²) in [6, 6.07) is 12.8. The van der Waals surface area contributed by atoms with E-state index < -0.39 is 0 Å². The second-order valence-corrected chi connectivity index (χ2v) is 5.94. The lowest BCUT2D eigenvalue weighted by Crippen LogP contribution is -2.32. The molecule has 0 spiro atoms. The minimum absolute atomic E-state index is 0.0939. The van der Waals surface area contributed by atoms with Crippen LogP contribution in [0.15, 0.2) is 47.1 Å². The summed E-state index contributed by atoms with van der Waals surface area (Å²) in [6.07, 6.45) is 2.38. The number of pyridine rings is 1. The summed E-state index contributed by atoms with van der Waals surface area (Å²) in [5.74, 6) is 1.29. The fourth-order valence-corrected chi connectivity index (χ4v) is 2.51. The number of ether oxygens (including phenoxy) is 1. The van der Waals surface area contributed by atoms with Gasteiger partial charge in [0, 0.05) is 11.8 Å². The van der Waals surface area contributed by atoms with Crippen molar-refractivity contribution in [1.29, 1.82) is 5.26 Å². The molecule has 2 aromatic heterocycles. The zero-order valence-corrected chi connectivity index (χ0v) is 14.9. The molecule has 0 aliphatic rings. The molecule has 0 saturated carbocycles. The van der Waals surface area contributed by atoms with E-state index in [-0.39, 0.29) is 6.23 Å². The van der Waals surface area contributed by atoms with Gasteiger partial charge < -0.3 is 9.26 Å². The van der Waals surface area contributed by atoms with Gasteiger partial charge in [-0.3, -0.25) is 9.88 Å². The third kappa shape index (κ3) is 3.87. The van der Waals surface area contributed by atoms with Crippen molar-refractivity contribution in [3.05, 3.63) is 48.2 Å². The van der Waals surface area contributed by atoms with E-state index in [9.17, 15) is 5.26 Å². The Bertz CT molecular complexity index is 915. The summed E-state index contributed by atoms with van der Waals surface area (Å²) in [5, 5.41) is 13.3. The predicted octanol–water partition coefficient (Wildman–Crippen LogP) is 3.35. The number of aromatic nitrogens is 3. The van der Waals surface area contributed by atoms with E-state index >= 15 is 0 Å². The average molecular weight is 349 g/mol. The minimum atomic E-state index is -0.0939. The molecule has 1 aromatic carbocycles. The van der Waals surface area contributed by atoms with Crippen LogP contribution < -0.4 is 4.74 Å². The highest BCUT2D eigenvalue weighted by Gasteiger charge is 2.16. The highest BCUT2D eigenvalue weighted by atomic mass is 16.5. The molecule has 7 heteroatoms. The topological polar surface area (TPSA) is 88.1 Å². The Labute approximate surface area is 151 Å². The van der Waals surface area contributed by atoms with E-state index in [1.807, 2.05) is 38.1 Å². The van der Waals surface area contributed by atoms with Crippen molar-refractivity contribution in [2.75, 3.05) is 14.1 Å². The van der Waals surface area contributed by atoms with Crippen molar-refractivity contribution in [1.82, 2.24) is 20.0 Å². The largest absolute Gasteiger partial charge is 0.475 e. The van der Waals surface area contributed by atoms with Crippen LogP contribution in [0.3, 0.4) is 0 Å². The van der Waals surface area contributed by atoms with Gasteiger partial charge in [-0.05, 0) is 50.8 Å². The van der Waals surface area contributed by atoms with E-state index in [1.54, 1.807) is 30.5 Å². The Morgan fingerprint density at radius 1 is 1.27 bits per heavy atom. The standard InChI is InChI=1S/C19H19N5O2/c1-4-17(24(2)3)25-15-10-13(12-20)9-14(11-15)19-22-18(23-26-19)16-7-5-6-8-21-16/h5-11,17H,4H2,1-3H3. The molecule has 7 nitrogen and oxygen atoms in total. The van der Waals surface area contributed by atoms with Gasteiger partial charge in [0.1, 0.15) is 11.4 Å². The number of hydrogen-bond acceptors (Lipinski definition) is 7. The summed E-state index contributed by atoms with van der Waals surface area (Å²) in [4.78, 5) is 10.6. The van der Waals surface area contributed by atoms with Crippen LogP contribution in [0.25, 0.3) is 23.0 Å². The van der Waals surface area contributed by atoms with Crippen molar-refractivity contribution in [3.63, 3.8) is 0 Å². The quantitative estimate of drug-likeness (QED) is 0.631. The van der Waals surface area contributed by atoms with Gasteiger partial charge in [-0.1, -0.05) is 18.1 Å².